The summed E-state index contributed by atoms with van der Waals surface area (Å²) in [6, 6.07) is 8.40. The van der Waals surface area contributed by atoms with Gasteiger partial charge in [-0.15, -0.1) is 0 Å². The van der Waals surface area contributed by atoms with E-state index in [1.54, 1.807) is 6.07 Å². The molecule has 0 aliphatic carbocycles. The summed E-state index contributed by atoms with van der Waals surface area (Å²) >= 11 is 0. The second-order valence-electron chi connectivity index (χ2n) is 5.96. The van der Waals surface area contributed by atoms with Crippen molar-refractivity contribution in [2.45, 2.75) is 27.3 Å². The van der Waals surface area contributed by atoms with Gasteiger partial charge in [-0.1, -0.05) is 18.2 Å². The zero-order chi connectivity index (χ0) is 22.6. The quantitative estimate of drug-likeness (QED) is 0.513. The van der Waals surface area contributed by atoms with E-state index in [0.29, 0.717) is 18.2 Å². The number of carbonyl (C=O) groups is 1. The molecule has 2 aromatic carbocycles. The Kier molecular flexibility index (Phi) is 7.10. The van der Waals surface area contributed by atoms with Gasteiger partial charge in [-0.05, 0) is 36.8 Å². The lowest BCUT2D eigenvalue weighted by Crippen LogP contribution is -2.30. The SMILES string of the molecule is O=C(O)NCCCNS(=O)(=O)c1cc(S(=O)(=O)c2ccccc2)ccc1C(F)(F)F. The van der Waals surface area contributed by atoms with Crippen molar-refractivity contribution >= 4 is 26.0 Å². The zero-order valence-electron chi connectivity index (χ0n) is 15.2. The summed E-state index contributed by atoms with van der Waals surface area (Å²) in [5.74, 6) is 0. The van der Waals surface area contributed by atoms with Crippen molar-refractivity contribution in [3.8, 4) is 0 Å². The fourth-order valence-electron chi connectivity index (χ4n) is 2.43. The van der Waals surface area contributed by atoms with E-state index < -0.39 is 47.5 Å². The molecule has 0 saturated carbocycles. The minimum absolute atomic E-state index is 0.0329. The summed E-state index contributed by atoms with van der Waals surface area (Å²) in [4.78, 5) is 8.29. The number of sulfonamides is 1. The molecule has 0 heterocycles. The summed E-state index contributed by atoms with van der Waals surface area (Å²) in [6.45, 7) is -0.498. The maximum absolute atomic E-state index is 13.3. The highest BCUT2D eigenvalue weighted by Gasteiger charge is 2.38. The summed E-state index contributed by atoms with van der Waals surface area (Å²) in [6.07, 6.45) is -6.42. The van der Waals surface area contributed by atoms with Crippen molar-refractivity contribution in [1.82, 2.24) is 10.0 Å². The van der Waals surface area contributed by atoms with Gasteiger partial charge in [0.1, 0.15) is 0 Å². The molecule has 8 nitrogen and oxygen atoms in total. The van der Waals surface area contributed by atoms with Crippen LogP contribution in [0.4, 0.5) is 18.0 Å². The van der Waals surface area contributed by atoms with E-state index in [9.17, 15) is 34.8 Å². The van der Waals surface area contributed by atoms with Gasteiger partial charge in [0.05, 0.1) is 20.2 Å². The highest BCUT2D eigenvalue weighted by atomic mass is 32.2. The number of amides is 1. The first kappa shape index (κ1) is 23.6. The number of rotatable bonds is 8. The normalized spacial score (nSPS) is 12.5. The fourth-order valence-corrected chi connectivity index (χ4v) is 5.14. The lowest BCUT2D eigenvalue weighted by molar-refractivity contribution is -0.139. The molecule has 0 saturated heterocycles. The number of halogens is 3. The Bertz CT molecular complexity index is 1120. The number of hydrogen-bond donors (Lipinski definition) is 3. The Balaban J connectivity index is 2.43. The van der Waals surface area contributed by atoms with Crippen LogP contribution in [0.5, 0.6) is 0 Å². The molecule has 0 radical (unpaired) electrons. The third kappa shape index (κ3) is 5.70. The van der Waals surface area contributed by atoms with Crippen LogP contribution >= 0.6 is 0 Å². The summed E-state index contributed by atoms with van der Waals surface area (Å²) < 4.78 is 92.3. The molecule has 1 amide bonds. The molecule has 13 heteroatoms. The van der Waals surface area contributed by atoms with E-state index in [2.05, 4.69) is 0 Å². The molecule has 0 spiro atoms. The van der Waals surface area contributed by atoms with Crippen molar-refractivity contribution < 1.29 is 39.9 Å². The highest BCUT2D eigenvalue weighted by molar-refractivity contribution is 7.91. The molecule has 0 bridgehead atoms. The lowest BCUT2D eigenvalue weighted by Gasteiger charge is -2.15. The highest BCUT2D eigenvalue weighted by Crippen LogP contribution is 2.36. The second kappa shape index (κ2) is 9.02. The monoisotopic (exact) mass is 466 g/mol. The van der Waals surface area contributed by atoms with Crippen LogP contribution in [-0.2, 0) is 26.0 Å². The Morgan fingerprint density at radius 3 is 2.13 bits per heavy atom. The van der Waals surface area contributed by atoms with E-state index in [0.717, 1.165) is 0 Å². The predicted octanol–water partition coefficient (Wildman–Crippen LogP) is 2.47. The molecule has 0 aliphatic rings. The average molecular weight is 466 g/mol. The number of carboxylic acid groups (broad SMARTS) is 1. The number of hydrogen-bond acceptors (Lipinski definition) is 5. The van der Waals surface area contributed by atoms with Gasteiger partial charge in [-0.2, -0.15) is 13.2 Å². The van der Waals surface area contributed by atoms with Crippen LogP contribution in [0.25, 0.3) is 0 Å². The van der Waals surface area contributed by atoms with Crippen LogP contribution < -0.4 is 10.0 Å². The van der Waals surface area contributed by atoms with Crippen molar-refractivity contribution in [3.63, 3.8) is 0 Å². The molecule has 0 atom stereocenters. The van der Waals surface area contributed by atoms with Crippen LogP contribution in [-0.4, -0.2) is 41.1 Å². The maximum atomic E-state index is 13.3. The van der Waals surface area contributed by atoms with Crippen molar-refractivity contribution in [2.75, 3.05) is 13.1 Å². The van der Waals surface area contributed by atoms with Crippen LogP contribution in [0, 0.1) is 0 Å². The molecule has 0 aromatic heterocycles. The van der Waals surface area contributed by atoms with Gasteiger partial charge in [0.2, 0.25) is 19.9 Å². The Hall–Kier alpha value is -2.64. The third-order valence-corrected chi connectivity index (χ3v) is 7.10. The average Bonchev–Trinajstić information content (AvgIpc) is 2.67. The van der Waals surface area contributed by atoms with E-state index >= 15 is 0 Å². The summed E-state index contributed by atoms with van der Waals surface area (Å²) in [5, 5.41) is 10.4. The van der Waals surface area contributed by atoms with Gasteiger partial charge >= 0.3 is 12.3 Å². The minimum Gasteiger partial charge on any atom is -0.465 e. The molecule has 0 aliphatic heterocycles. The first-order chi connectivity index (χ1) is 13.9. The Morgan fingerprint density at radius 1 is 0.933 bits per heavy atom. The molecule has 164 valence electrons. The molecular formula is C17H17F3N2O6S2. The molecule has 0 fully saturated rings. The topological polar surface area (TPSA) is 130 Å². The number of sulfone groups is 1. The van der Waals surface area contributed by atoms with Gasteiger partial charge in [0, 0.05) is 13.1 Å². The maximum Gasteiger partial charge on any atom is 0.417 e. The first-order valence-corrected chi connectivity index (χ1v) is 11.3. The largest absolute Gasteiger partial charge is 0.465 e. The second-order valence-corrected chi connectivity index (χ2v) is 9.64. The predicted molar refractivity (Wildman–Crippen MR) is 99.2 cm³/mol. The van der Waals surface area contributed by atoms with Crippen molar-refractivity contribution in [3.05, 3.63) is 54.1 Å². The molecule has 2 rings (SSSR count). The van der Waals surface area contributed by atoms with Crippen molar-refractivity contribution in [1.29, 1.82) is 0 Å². The van der Waals surface area contributed by atoms with Crippen molar-refractivity contribution in [2.24, 2.45) is 0 Å². The Labute approximate surface area is 170 Å². The molecule has 2 aromatic rings. The number of alkyl halides is 3. The molecule has 3 N–H and O–H groups in total. The van der Waals surface area contributed by atoms with Gasteiger partial charge < -0.3 is 10.4 Å². The van der Waals surface area contributed by atoms with Gasteiger partial charge in [0.15, 0.2) is 0 Å². The Morgan fingerprint density at radius 2 is 1.57 bits per heavy atom. The standard InChI is InChI=1S/C17H17F3N2O6S2/c18-17(19,20)14-8-7-13(29(25,26)12-5-2-1-3-6-12)11-15(14)30(27,28)22-10-4-9-21-16(23)24/h1-3,5-8,11,21-22H,4,9-10H2,(H,23,24). The van der Waals surface area contributed by atoms with Gasteiger partial charge in [-0.3, -0.25) is 0 Å². The summed E-state index contributed by atoms with van der Waals surface area (Å²) in [7, 11) is -9.01. The molecule has 0 unspecified atom stereocenters. The van der Waals surface area contributed by atoms with Crippen LogP contribution in [0.15, 0.2) is 63.2 Å². The fraction of sp³-hybridized carbons (Fsp3) is 0.235. The van der Waals surface area contributed by atoms with Gasteiger partial charge in [-0.25, -0.2) is 26.4 Å². The van der Waals surface area contributed by atoms with E-state index in [4.69, 9.17) is 5.11 Å². The summed E-state index contributed by atoms with van der Waals surface area (Å²) in [5.41, 5.74) is -1.52. The van der Waals surface area contributed by atoms with E-state index in [1.807, 2.05) is 10.0 Å². The minimum atomic E-state index is -5.05. The molecule has 30 heavy (non-hydrogen) atoms. The molecular weight excluding hydrogens is 449 g/mol. The van der Waals surface area contributed by atoms with Crippen LogP contribution in [0.1, 0.15) is 12.0 Å². The third-order valence-electron chi connectivity index (χ3n) is 3.83. The van der Waals surface area contributed by atoms with E-state index in [-0.39, 0.29) is 24.4 Å². The van der Waals surface area contributed by atoms with Gasteiger partial charge in [0.25, 0.3) is 0 Å². The zero-order valence-corrected chi connectivity index (χ0v) is 16.8. The van der Waals surface area contributed by atoms with Crippen LogP contribution in [0.2, 0.25) is 0 Å². The van der Waals surface area contributed by atoms with E-state index in [1.165, 1.54) is 24.3 Å². The lowest BCUT2D eigenvalue weighted by atomic mass is 10.2. The number of nitrogens with one attached hydrogen (secondary N) is 2. The first-order valence-electron chi connectivity index (χ1n) is 8.33. The van der Waals surface area contributed by atoms with Crippen LogP contribution in [0.3, 0.4) is 0 Å². The smallest absolute Gasteiger partial charge is 0.417 e. The number of benzene rings is 2.